The van der Waals surface area contributed by atoms with Crippen LogP contribution in [0.2, 0.25) is 5.02 Å². The molecule has 158 valence electrons. The van der Waals surface area contributed by atoms with E-state index in [9.17, 15) is 12.8 Å². The van der Waals surface area contributed by atoms with Gasteiger partial charge in [-0.1, -0.05) is 35.9 Å². The molecular weight excluding hydrogens is 459 g/mol. The molecule has 0 amide bonds. The van der Waals surface area contributed by atoms with Crippen molar-refractivity contribution in [2.45, 2.75) is 11.5 Å². The van der Waals surface area contributed by atoms with Gasteiger partial charge in [-0.05, 0) is 54.1 Å². The van der Waals surface area contributed by atoms with Gasteiger partial charge in [0.1, 0.15) is 23.2 Å². The number of rotatable bonds is 6. The van der Waals surface area contributed by atoms with E-state index in [4.69, 9.17) is 26.5 Å². The summed E-state index contributed by atoms with van der Waals surface area (Å²) in [5, 5.41) is 6.51. The number of aromatic nitrogens is 1. The molecule has 0 radical (unpaired) electrons. The lowest BCUT2D eigenvalue weighted by molar-refractivity contribution is 0.305. The van der Waals surface area contributed by atoms with E-state index in [2.05, 4.69) is 0 Å². The highest BCUT2D eigenvalue weighted by atomic mass is 35.5. The summed E-state index contributed by atoms with van der Waals surface area (Å²) in [4.78, 5) is 5.53. The zero-order valence-electron chi connectivity index (χ0n) is 16.0. The number of ether oxygens (including phenoxy) is 1. The Morgan fingerprint density at radius 2 is 1.55 bits per heavy atom. The zero-order chi connectivity index (χ0) is 22.0. The van der Waals surface area contributed by atoms with Crippen LogP contribution in [0.25, 0.3) is 21.7 Å². The van der Waals surface area contributed by atoms with Crippen molar-refractivity contribution in [3.63, 3.8) is 0 Å². The van der Waals surface area contributed by atoms with Gasteiger partial charge in [-0.2, -0.15) is 0 Å². The summed E-state index contributed by atoms with van der Waals surface area (Å²) in [6.45, 7) is 0.232. The molecule has 0 spiro atoms. The number of benzene rings is 3. The van der Waals surface area contributed by atoms with E-state index in [-0.39, 0.29) is 17.3 Å². The number of hydrogen-bond acceptors (Lipinski definition) is 5. The molecule has 0 unspecified atom stereocenters. The summed E-state index contributed by atoms with van der Waals surface area (Å²) in [6, 6.07) is 19.3. The first kappa shape index (κ1) is 21.5. The fourth-order valence-corrected chi connectivity index (χ4v) is 4.54. The van der Waals surface area contributed by atoms with Crippen molar-refractivity contribution in [3.8, 4) is 27.4 Å². The van der Waals surface area contributed by atoms with Crippen LogP contribution in [0, 0.1) is 5.82 Å². The Morgan fingerprint density at radius 3 is 2.16 bits per heavy atom. The second kappa shape index (κ2) is 8.76. The maximum absolute atomic E-state index is 13.4. The molecule has 31 heavy (non-hydrogen) atoms. The molecule has 2 N–H and O–H groups in total. The van der Waals surface area contributed by atoms with E-state index in [0.717, 1.165) is 10.4 Å². The van der Waals surface area contributed by atoms with Gasteiger partial charge in [-0.3, -0.25) is 0 Å². The molecule has 0 aliphatic heterocycles. The zero-order valence-corrected chi connectivity index (χ0v) is 18.3. The summed E-state index contributed by atoms with van der Waals surface area (Å²) in [5.74, 6) is 0.320. The second-order valence-corrected chi connectivity index (χ2v) is 9.69. The van der Waals surface area contributed by atoms with Crippen LogP contribution < -0.4 is 9.88 Å². The van der Waals surface area contributed by atoms with E-state index < -0.39 is 10.0 Å². The molecule has 1 aromatic heterocycles. The van der Waals surface area contributed by atoms with E-state index in [0.29, 0.717) is 27.0 Å². The van der Waals surface area contributed by atoms with Crippen LogP contribution in [0.5, 0.6) is 5.75 Å². The average Bonchev–Trinajstić information content (AvgIpc) is 3.18. The predicted octanol–water partition coefficient (Wildman–Crippen LogP) is 5.50. The molecule has 4 aromatic rings. The highest BCUT2D eigenvalue weighted by molar-refractivity contribution is 7.89. The third kappa shape index (κ3) is 5.11. The number of sulfonamides is 1. The Hall–Kier alpha value is -2.78. The fraction of sp³-hybridized carbons (Fsp3) is 0.0455. The van der Waals surface area contributed by atoms with E-state index in [1.165, 1.54) is 35.6 Å². The van der Waals surface area contributed by atoms with Crippen LogP contribution >= 0.6 is 22.9 Å². The van der Waals surface area contributed by atoms with Gasteiger partial charge in [0, 0.05) is 10.6 Å². The molecule has 4 rings (SSSR count). The maximum atomic E-state index is 13.4. The molecule has 0 saturated carbocycles. The molecule has 3 aromatic carbocycles. The SMILES string of the molecule is NS(=O)(=O)c1ccc(-c2nc(COc3ccc(Cl)cc3)sc2-c2ccc(F)cc2)cc1. The van der Waals surface area contributed by atoms with E-state index >= 15 is 0 Å². The van der Waals surface area contributed by atoms with E-state index in [1.54, 1.807) is 48.5 Å². The smallest absolute Gasteiger partial charge is 0.238 e. The standard InChI is InChI=1S/C22H16ClFN2O3S2/c23-16-5-9-18(10-6-16)29-13-20-26-21(14-3-11-19(12-4-14)31(25,27)28)22(30-20)15-1-7-17(24)8-2-15/h1-12H,13H2,(H2,25,27,28). The minimum atomic E-state index is -3.79. The lowest BCUT2D eigenvalue weighted by Crippen LogP contribution is -2.11. The van der Waals surface area contributed by atoms with Crippen LogP contribution in [-0.2, 0) is 16.6 Å². The van der Waals surface area contributed by atoms with Crippen LogP contribution in [-0.4, -0.2) is 13.4 Å². The van der Waals surface area contributed by atoms with Gasteiger partial charge in [-0.15, -0.1) is 11.3 Å². The first-order chi connectivity index (χ1) is 14.8. The van der Waals surface area contributed by atoms with Crippen LogP contribution in [0.4, 0.5) is 4.39 Å². The summed E-state index contributed by atoms with van der Waals surface area (Å²) in [5.41, 5.74) is 2.15. The Kier molecular flexibility index (Phi) is 6.06. The molecule has 1 heterocycles. The van der Waals surface area contributed by atoms with Gasteiger partial charge < -0.3 is 4.74 Å². The first-order valence-electron chi connectivity index (χ1n) is 9.07. The van der Waals surface area contributed by atoms with Gasteiger partial charge in [-0.25, -0.2) is 22.9 Å². The molecule has 0 aliphatic rings. The van der Waals surface area contributed by atoms with Crippen molar-refractivity contribution >= 4 is 33.0 Å². The molecule has 0 bridgehead atoms. The number of nitrogens with zero attached hydrogens (tertiary/aromatic N) is 1. The molecular formula is C22H16ClFN2O3S2. The summed E-state index contributed by atoms with van der Waals surface area (Å²) in [7, 11) is -3.79. The first-order valence-corrected chi connectivity index (χ1v) is 11.8. The Morgan fingerprint density at radius 1 is 0.935 bits per heavy atom. The Bertz CT molecular complexity index is 1300. The minimum absolute atomic E-state index is 0.0149. The summed E-state index contributed by atoms with van der Waals surface area (Å²) >= 11 is 7.32. The largest absolute Gasteiger partial charge is 0.486 e. The second-order valence-electron chi connectivity index (χ2n) is 6.60. The molecule has 0 saturated heterocycles. The topological polar surface area (TPSA) is 82.3 Å². The van der Waals surface area contributed by atoms with Crippen molar-refractivity contribution in [2.75, 3.05) is 0 Å². The minimum Gasteiger partial charge on any atom is -0.486 e. The normalized spacial score (nSPS) is 11.5. The number of halogens is 2. The highest BCUT2D eigenvalue weighted by Gasteiger charge is 2.17. The van der Waals surface area contributed by atoms with Crippen LogP contribution in [0.3, 0.4) is 0 Å². The number of thiazole rings is 1. The number of hydrogen-bond donors (Lipinski definition) is 1. The van der Waals surface area contributed by atoms with Crippen molar-refractivity contribution in [3.05, 3.63) is 88.6 Å². The fourth-order valence-electron chi connectivity index (χ4n) is 2.90. The molecule has 5 nitrogen and oxygen atoms in total. The maximum Gasteiger partial charge on any atom is 0.238 e. The third-order valence-electron chi connectivity index (χ3n) is 4.41. The van der Waals surface area contributed by atoms with Gasteiger partial charge >= 0.3 is 0 Å². The van der Waals surface area contributed by atoms with Gasteiger partial charge in [0.25, 0.3) is 0 Å². The highest BCUT2D eigenvalue weighted by Crippen LogP contribution is 2.37. The van der Waals surface area contributed by atoms with Crippen molar-refractivity contribution in [2.24, 2.45) is 5.14 Å². The van der Waals surface area contributed by atoms with Gasteiger partial charge in [0.15, 0.2) is 0 Å². The monoisotopic (exact) mass is 474 g/mol. The predicted molar refractivity (Wildman–Crippen MR) is 120 cm³/mol. The Labute approximate surface area is 188 Å². The molecule has 9 heteroatoms. The Balaban J connectivity index is 1.70. The van der Waals surface area contributed by atoms with Gasteiger partial charge in [0.05, 0.1) is 15.5 Å². The van der Waals surface area contributed by atoms with E-state index in [1.807, 2.05) is 0 Å². The summed E-state index contributed by atoms with van der Waals surface area (Å²) < 4.78 is 42.3. The number of nitrogens with two attached hydrogens (primary N) is 1. The van der Waals surface area contributed by atoms with Crippen LogP contribution in [0.15, 0.2) is 77.7 Å². The van der Waals surface area contributed by atoms with Gasteiger partial charge in [0.2, 0.25) is 10.0 Å². The summed E-state index contributed by atoms with van der Waals surface area (Å²) in [6.07, 6.45) is 0. The quantitative estimate of drug-likeness (QED) is 0.400. The average molecular weight is 475 g/mol. The molecule has 0 fully saturated rings. The number of primary sulfonamides is 1. The lowest BCUT2D eigenvalue weighted by Gasteiger charge is -2.04. The molecule has 0 atom stereocenters. The van der Waals surface area contributed by atoms with Crippen molar-refractivity contribution < 1.29 is 17.5 Å². The van der Waals surface area contributed by atoms with Crippen LogP contribution in [0.1, 0.15) is 5.01 Å². The van der Waals surface area contributed by atoms with Crippen molar-refractivity contribution in [1.82, 2.24) is 4.98 Å². The molecule has 0 aliphatic carbocycles. The lowest BCUT2D eigenvalue weighted by atomic mass is 10.1. The third-order valence-corrected chi connectivity index (χ3v) is 6.67. The van der Waals surface area contributed by atoms with Crippen molar-refractivity contribution in [1.29, 1.82) is 0 Å².